The van der Waals surface area contributed by atoms with Gasteiger partial charge in [0.2, 0.25) is 5.91 Å². The van der Waals surface area contributed by atoms with Crippen LogP contribution in [0.3, 0.4) is 0 Å². The number of likely N-dealkylation sites (N-methyl/N-ethyl adjacent to an activating group) is 2. The first-order valence-corrected chi connectivity index (χ1v) is 5.81. The maximum absolute atomic E-state index is 11.3. The molecule has 0 spiro atoms. The SMILES string of the molecule is CNCc1ccc(N(C)CC(=O)NC)cc1Cl. The van der Waals surface area contributed by atoms with E-state index in [1.165, 1.54) is 0 Å². The van der Waals surface area contributed by atoms with Crippen LogP contribution < -0.4 is 15.5 Å². The second kappa shape index (κ2) is 6.47. The van der Waals surface area contributed by atoms with Crippen molar-refractivity contribution in [2.45, 2.75) is 6.54 Å². The first kappa shape index (κ1) is 13.8. The lowest BCUT2D eigenvalue weighted by Crippen LogP contribution is -2.32. The summed E-state index contributed by atoms with van der Waals surface area (Å²) in [5.41, 5.74) is 1.98. The number of hydrogen-bond acceptors (Lipinski definition) is 3. The quantitative estimate of drug-likeness (QED) is 0.832. The summed E-state index contributed by atoms with van der Waals surface area (Å²) in [6.45, 7) is 1.05. The fourth-order valence-electron chi connectivity index (χ4n) is 1.49. The molecule has 0 saturated heterocycles. The minimum absolute atomic E-state index is 0.0251. The van der Waals surface area contributed by atoms with E-state index in [0.29, 0.717) is 11.6 Å². The van der Waals surface area contributed by atoms with Gasteiger partial charge in [-0.15, -0.1) is 0 Å². The number of benzene rings is 1. The number of halogens is 1. The highest BCUT2D eigenvalue weighted by atomic mass is 35.5. The Morgan fingerprint density at radius 1 is 1.41 bits per heavy atom. The maximum Gasteiger partial charge on any atom is 0.239 e. The zero-order chi connectivity index (χ0) is 12.8. The lowest BCUT2D eigenvalue weighted by Gasteiger charge is -2.19. The van der Waals surface area contributed by atoms with Gasteiger partial charge in [-0.1, -0.05) is 17.7 Å². The minimum atomic E-state index is -0.0251. The molecule has 0 aliphatic heterocycles. The Hall–Kier alpha value is -1.26. The molecule has 94 valence electrons. The fraction of sp³-hybridized carbons (Fsp3) is 0.417. The van der Waals surface area contributed by atoms with Crippen LogP contribution in [0.1, 0.15) is 5.56 Å². The van der Waals surface area contributed by atoms with Gasteiger partial charge in [-0.25, -0.2) is 0 Å². The third kappa shape index (κ3) is 3.91. The number of carbonyl (C=O) groups is 1. The van der Waals surface area contributed by atoms with E-state index in [1.807, 2.05) is 37.2 Å². The first-order valence-electron chi connectivity index (χ1n) is 5.43. The largest absolute Gasteiger partial charge is 0.365 e. The molecule has 5 heteroatoms. The topological polar surface area (TPSA) is 44.4 Å². The summed E-state index contributed by atoms with van der Waals surface area (Å²) in [7, 11) is 5.36. The predicted octanol–water partition coefficient (Wildman–Crippen LogP) is 1.24. The van der Waals surface area contributed by atoms with Gasteiger partial charge < -0.3 is 15.5 Å². The molecule has 0 aliphatic carbocycles. The summed E-state index contributed by atoms with van der Waals surface area (Å²) in [4.78, 5) is 13.1. The second-order valence-corrected chi connectivity index (χ2v) is 4.24. The van der Waals surface area contributed by atoms with E-state index < -0.39 is 0 Å². The van der Waals surface area contributed by atoms with Crippen LogP contribution in [0.15, 0.2) is 18.2 Å². The van der Waals surface area contributed by atoms with Gasteiger partial charge in [-0.3, -0.25) is 4.79 Å². The molecule has 4 nitrogen and oxygen atoms in total. The number of hydrogen-bond donors (Lipinski definition) is 2. The molecule has 0 fully saturated rings. The highest BCUT2D eigenvalue weighted by molar-refractivity contribution is 6.31. The van der Waals surface area contributed by atoms with Gasteiger partial charge in [-0.05, 0) is 24.7 Å². The molecule has 1 rings (SSSR count). The van der Waals surface area contributed by atoms with Crippen molar-refractivity contribution in [3.8, 4) is 0 Å². The van der Waals surface area contributed by atoms with Crippen molar-refractivity contribution in [2.24, 2.45) is 0 Å². The summed E-state index contributed by atoms with van der Waals surface area (Å²) < 4.78 is 0. The molecule has 0 heterocycles. The molecule has 0 radical (unpaired) electrons. The lowest BCUT2D eigenvalue weighted by atomic mass is 10.2. The molecular formula is C12H18ClN3O. The molecule has 1 amide bonds. The second-order valence-electron chi connectivity index (χ2n) is 3.84. The average Bonchev–Trinajstić information content (AvgIpc) is 2.31. The van der Waals surface area contributed by atoms with E-state index in [-0.39, 0.29) is 5.91 Å². The third-order valence-electron chi connectivity index (χ3n) is 2.50. The summed E-state index contributed by atoms with van der Waals surface area (Å²) in [5.74, 6) is -0.0251. The molecule has 17 heavy (non-hydrogen) atoms. The van der Waals surface area contributed by atoms with Gasteiger partial charge in [0.1, 0.15) is 0 Å². The number of nitrogens with zero attached hydrogens (tertiary/aromatic N) is 1. The highest BCUT2D eigenvalue weighted by Gasteiger charge is 2.08. The summed E-state index contributed by atoms with van der Waals surface area (Å²) in [6, 6.07) is 5.80. The molecule has 1 aromatic carbocycles. The van der Waals surface area contributed by atoms with Crippen LogP contribution in [0.2, 0.25) is 5.02 Å². The summed E-state index contributed by atoms with van der Waals surface area (Å²) in [6.07, 6.45) is 0. The van der Waals surface area contributed by atoms with Crippen LogP contribution in [0, 0.1) is 0 Å². The van der Waals surface area contributed by atoms with Crippen molar-refractivity contribution in [3.05, 3.63) is 28.8 Å². The van der Waals surface area contributed by atoms with Crippen molar-refractivity contribution in [1.29, 1.82) is 0 Å². The molecule has 0 saturated carbocycles. The first-order chi connectivity index (χ1) is 8.08. The number of amides is 1. The number of nitrogens with one attached hydrogen (secondary N) is 2. The maximum atomic E-state index is 11.3. The van der Waals surface area contributed by atoms with Gasteiger partial charge in [0.25, 0.3) is 0 Å². The molecule has 0 aliphatic rings. The van der Waals surface area contributed by atoms with Crippen molar-refractivity contribution < 1.29 is 4.79 Å². The number of rotatable bonds is 5. The molecule has 1 aromatic rings. The van der Waals surface area contributed by atoms with E-state index in [9.17, 15) is 4.79 Å². The van der Waals surface area contributed by atoms with Crippen molar-refractivity contribution in [2.75, 3.05) is 32.6 Å². The monoisotopic (exact) mass is 255 g/mol. The van der Waals surface area contributed by atoms with Crippen molar-refractivity contribution in [1.82, 2.24) is 10.6 Å². The molecule has 0 atom stereocenters. The zero-order valence-corrected chi connectivity index (χ0v) is 11.1. The van der Waals surface area contributed by atoms with E-state index in [1.54, 1.807) is 7.05 Å². The third-order valence-corrected chi connectivity index (χ3v) is 2.86. The van der Waals surface area contributed by atoms with Crippen LogP contribution in [-0.4, -0.2) is 33.6 Å². The highest BCUT2D eigenvalue weighted by Crippen LogP contribution is 2.22. The Labute approximate surface area is 107 Å². The van der Waals surface area contributed by atoms with Crippen LogP contribution in [0.25, 0.3) is 0 Å². The lowest BCUT2D eigenvalue weighted by molar-refractivity contribution is -0.119. The Morgan fingerprint density at radius 2 is 2.12 bits per heavy atom. The fourth-order valence-corrected chi connectivity index (χ4v) is 1.73. The van der Waals surface area contributed by atoms with Crippen LogP contribution in [0.4, 0.5) is 5.69 Å². The Bertz CT molecular complexity index is 395. The molecule has 0 unspecified atom stereocenters. The Kier molecular flexibility index (Phi) is 5.25. The van der Waals surface area contributed by atoms with Gasteiger partial charge in [0, 0.05) is 31.4 Å². The zero-order valence-electron chi connectivity index (χ0n) is 10.4. The molecular weight excluding hydrogens is 238 g/mol. The van der Waals surface area contributed by atoms with E-state index >= 15 is 0 Å². The normalized spacial score (nSPS) is 10.1. The molecule has 0 aromatic heterocycles. The van der Waals surface area contributed by atoms with Gasteiger partial charge in [0.05, 0.1) is 6.54 Å². The van der Waals surface area contributed by atoms with Crippen LogP contribution >= 0.6 is 11.6 Å². The minimum Gasteiger partial charge on any atom is -0.365 e. The Morgan fingerprint density at radius 3 is 2.65 bits per heavy atom. The summed E-state index contributed by atoms with van der Waals surface area (Å²) >= 11 is 6.16. The van der Waals surface area contributed by atoms with E-state index in [4.69, 9.17) is 11.6 Å². The number of carbonyl (C=O) groups excluding carboxylic acids is 1. The number of anilines is 1. The van der Waals surface area contributed by atoms with Crippen molar-refractivity contribution in [3.63, 3.8) is 0 Å². The summed E-state index contributed by atoms with van der Waals surface area (Å²) in [5, 5.41) is 6.35. The standard InChI is InChI=1S/C12H18ClN3O/c1-14-7-9-4-5-10(6-11(9)13)16(3)8-12(17)15-2/h4-6,14H,7-8H2,1-3H3,(H,15,17). The molecule has 2 N–H and O–H groups in total. The van der Waals surface area contributed by atoms with E-state index in [0.717, 1.165) is 17.8 Å². The van der Waals surface area contributed by atoms with Crippen molar-refractivity contribution >= 4 is 23.2 Å². The average molecular weight is 256 g/mol. The molecule has 0 bridgehead atoms. The van der Waals surface area contributed by atoms with Crippen LogP contribution in [0.5, 0.6) is 0 Å². The van der Waals surface area contributed by atoms with E-state index in [2.05, 4.69) is 10.6 Å². The van der Waals surface area contributed by atoms with Gasteiger partial charge in [0.15, 0.2) is 0 Å². The Balaban J connectivity index is 2.78. The van der Waals surface area contributed by atoms with Crippen LogP contribution in [-0.2, 0) is 11.3 Å². The van der Waals surface area contributed by atoms with Gasteiger partial charge in [-0.2, -0.15) is 0 Å². The smallest absolute Gasteiger partial charge is 0.239 e. The van der Waals surface area contributed by atoms with Gasteiger partial charge >= 0.3 is 0 Å². The predicted molar refractivity (Wildman–Crippen MR) is 71.6 cm³/mol.